The van der Waals surface area contributed by atoms with Crippen molar-refractivity contribution in [2.45, 2.75) is 19.9 Å². The van der Waals surface area contributed by atoms with Crippen LogP contribution in [-0.4, -0.2) is 29.1 Å². The number of hydrogen-bond donors (Lipinski definition) is 1. The molecule has 0 N–H and O–H groups in total. The van der Waals surface area contributed by atoms with Crippen molar-refractivity contribution in [1.82, 2.24) is 9.78 Å². The van der Waals surface area contributed by atoms with Crippen molar-refractivity contribution >= 4 is 18.3 Å². The van der Waals surface area contributed by atoms with Crippen LogP contribution in [-0.2, 0) is 6.54 Å². The van der Waals surface area contributed by atoms with E-state index in [0.717, 1.165) is 24.4 Å². The Morgan fingerprint density at radius 1 is 1.60 bits per heavy atom. The molecule has 1 rings (SSSR count). The van der Waals surface area contributed by atoms with E-state index in [9.17, 15) is 4.79 Å². The van der Waals surface area contributed by atoms with Gasteiger partial charge in [0.05, 0.1) is 11.9 Å². The Labute approximate surface area is 95.3 Å². The van der Waals surface area contributed by atoms with Gasteiger partial charge in [-0.15, -0.1) is 0 Å². The lowest BCUT2D eigenvalue weighted by molar-refractivity contribution is 0.570. The second kappa shape index (κ2) is 5.80. The number of rotatable bonds is 5. The summed E-state index contributed by atoms with van der Waals surface area (Å²) in [6.07, 6.45) is 2.59. The fourth-order valence-corrected chi connectivity index (χ4v) is 1.35. The van der Waals surface area contributed by atoms with E-state index in [4.69, 9.17) is 0 Å². The van der Waals surface area contributed by atoms with Crippen LogP contribution in [0.5, 0.6) is 0 Å². The second-order valence-corrected chi connectivity index (χ2v) is 3.81. The first-order valence-corrected chi connectivity index (χ1v) is 5.71. The summed E-state index contributed by atoms with van der Waals surface area (Å²) in [5.74, 6) is 0.769. The van der Waals surface area contributed by atoms with Gasteiger partial charge in [-0.2, -0.15) is 17.7 Å². The molecule has 0 amide bonds. The molecule has 0 aliphatic heterocycles. The molecule has 0 unspecified atom stereocenters. The summed E-state index contributed by atoms with van der Waals surface area (Å²) in [6.45, 7) is 3.53. The molecule has 0 saturated heterocycles. The van der Waals surface area contributed by atoms with Crippen LogP contribution in [0.15, 0.2) is 17.1 Å². The summed E-state index contributed by atoms with van der Waals surface area (Å²) in [4.78, 5) is 13.6. The van der Waals surface area contributed by atoms with Crippen LogP contribution in [0.1, 0.15) is 13.3 Å². The van der Waals surface area contributed by atoms with Crippen molar-refractivity contribution in [1.29, 1.82) is 0 Å². The molecule has 5 heteroatoms. The fourth-order valence-electron chi connectivity index (χ4n) is 1.20. The molecular weight excluding hydrogens is 210 g/mol. The Morgan fingerprint density at radius 2 is 2.33 bits per heavy atom. The minimum absolute atomic E-state index is 0.0467. The molecule has 0 atom stereocenters. The number of aryl methyl sites for hydroxylation is 1. The maximum absolute atomic E-state index is 11.6. The number of aromatic nitrogens is 2. The third kappa shape index (κ3) is 3.27. The molecule has 0 radical (unpaired) electrons. The number of thiol groups is 1. The van der Waals surface area contributed by atoms with Gasteiger partial charge in [-0.25, -0.2) is 4.68 Å². The van der Waals surface area contributed by atoms with Crippen molar-refractivity contribution in [3.05, 3.63) is 22.6 Å². The van der Waals surface area contributed by atoms with E-state index >= 15 is 0 Å². The van der Waals surface area contributed by atoms with Crippen LogP contribution in [0.2, 0.25) is 0 Å². The quantitative estimate of drug-likeness (QED) is 0.763. The van der Waals surface area contributed by atoms with Crippen molar-refractivity contribution < 1.29 is 0 Å². The molecule has 4 nitrogen and oxygen atoms in total. The molecule has 0 spiro atoms. The Morgan fingerprint density at radius 3 is 2.87 bits per heavy atom. The van der Waals surface area contributed by atoms with Crippen molar-refractivity contribution in [3.63, 3.8) is 0 Å². The predicted octanol–water partition coefficient (Wildman–Crippen LogP) is 1.02. The average Bonchev–Trinajstić information content (AvgIpc) is 2.26. The van der Waals surface area contributed by atoms with Gasteiger partial charge in [0.2, 0.25) is 0 Å². The maximum atomic E-state index is 11.6. The van der Waals surface area contributed by atoms with Gasteiger partial charge >= 0.3 is 0 Å². The highest BCUT2D eigenvalue weighted by atomic mass is 32.1. The van der Waals surface area contributed by atoms with E-state index in [2.05, 4.69) is 17.7 Å². The predicted molar refractivity (Wildman–Crippen MR) is 65.9 cm³/mol. The van der Waals surface area contributed by atoms with Crippen LogP contribution >= 0.6 is 12.6 Å². The van der Waals surface area contributed by atoms with Gasteiger partial charge in [0.25, 0.3) is 5.56 Å². The highest BCUT2D eigenvalue weighted by molar-refractivity contribution is 7.80. The van der Waals surface area contributed by atoms with Gasteiger partial charge in [0.1, 0.15) is 0 Å². The van der Waals surface area contributed by atoms with Gasteiger partial charge in [0.15, 0.2) is 0 Å². The first-order valence-electron chi connectivity index (χ1n) is 5.08. The van der Waals surface area contributed by atoms with Crippen LogP contribution in [0.25, 0.3) is 0 Å². The monoisotopic (exact) mass is 227 g/mol. The summed E-state index contributed by atoms with van der Waals surface area (Å²) >= 11 is 4.10. The third-order valence-electron chi connectivity index (χ3n) is 2.30. The van der Waals surface area contributed by atoms with Gasteiger partial charge in [-0.3, -0.25) is 4.79 Å². The molecule has 0 bridgehead atoms. The molecule has 15 heavy (non-hydrogen) atoms. The molecule has 1 heterocycles. The zero-order valence-corrected chi connectivity index (χ0v) is 10.1. The normalized spacial score (nSPS) is 10.3. The van der Waals surface area contributed by atoms with Crippen LogP contribution in [0, 0.1) is 0 Å². The summed E-state index contributed by atoms with van der Waals surface area (Å²) in [5.41, 5.74) is 0.819. The third-order valence-corrected chi connectivity index (χ3v) is 2.61. The molecule has 0 aromatic carbocycles. The minimum Gasteiger partial charge on any atom is -0.373 e. The van der Waals surface area contributed by atoms with Crippen molar-refractivity contribution in [2.75, 3.05) is 24.2 Å². The molecule has 1 aromatic heterocycles. The van der Waals surface area contributed by atoms with Crippen molar-refractivity contribution in [2.24, 2.45) is 0 Å². The van der Waals surface area contributed by atoms with Gasteiger partial charge in [0, 0.05) is 26.2 Å². The molecular formula is C10H17N3OS. The van der Waals surface area contributed by atoms with Crippen LogP contribution in [0.3, 0.4) is 0 Å². The van der Waals surface area contributed by atoms with E-state index in [1.165, 1.54) is 4.68 Å². The first kappa shape index (κ1) is 12.1. The Bertz CT molecular complexity index is 364. The average molecular weight is 227 g/mol. The molecule has 0 aliphatic rings. The van der Waals surface area contributed by atoms with Crippen LogP contribution in [0.4, 0.5) is 5.69 Å². The highest BCUT2D eigenvalue weighted by Gasteiger charge is 2.02. The standard InChI is InChI=1S/C10H17N3OS/c1-3-12(2)9-7-10(14)13(11-8-9)5-4-6-15/h7-8,15H,3-6H2,1-2H3. The van der Waals surface area contributed by atoms with E-state index in [0.29, 0.717) is 6.54 Å². The highest BCUT2D eigenvalue weighted by Crippen LogP contribution is 2.05. The molecule has 84 valence electrons. The minimum atomic E-state index is -0.0467. The molecule has 0 aliphatic carbocycles. The first-order chi connectivity index (χ1) is 7.19. The SMILES string of the molecule is CCN(C)c1cnn(CCCS)c(=O)c1. The topological polar surface area (TPSA) is 38.1 Å². The lowest BCUT2D eigenvalue weighted by Crippen LogP contribution is -2.25. The molecule has 0 fully saturated rings. The van der Waals surface area contributed by atoms with E-state index in [-0.39, 0.29) is 5.56 Å². The zero-order valence-electron chi connectivity index (χ0n) is 9.18. The largest absolute Gasteiger partial charge is 0.373 e. The number of anilines is 1. The van der Waals surface area contributed by atoms with Gasteiger partial charge in [-0.05, 0) is 19.1 Å². The fraction of sp³-hybridized carbons (Fsp3) is 0.600. The van der Waals surface area contributed by atoms with E-state index in [1.807, 2.05) is 18.9 Å². The Kier molecular flexibility index (Phi) is 4.68. The number of hydrogen-bond acceptors (Lipinski definition) is 4. The lowest BCUT2D eigenvalue weighted by Gasteiger charge is -2.16. The lowest BCUT2D eigenvalue weighted by atomic mass is 10.4. The van der Waals surface area contributed by atoms with Gasteiger partial charge < -0.3 is 4.90 Å². The Hall–Kier alpha value is -0.970. The van der Waals surface area contributed by atoms with E-state index < -0.39 is 0 Å². The summed E-state index contributed by atoms with van der Waals surface area (Å²) < 4.78 is 1.48. The second-order valence-electron chi connectivity index (χ2n) is 3.37. The Balaban J connectivity index is 2.83. The zero-order chi connectivity index (χ0) is 11.3. The summed E-state index contributed by atoms with van der Waals surface area (Å²) in [5, 5.41) is 4.11. The summed E-state index contributed by atoms with van der Waals surface area (Å²) in [6, 6.07) is 1.62. The van der Waals surface area contributed by atoms with Gasteiger partial charge in [-0.1, -0.05) is 0 Å². The van der Waals surface area contributed by atoms with E-state index in [1.54, 1.807) is 12.3 Å². The summed E-state index contributed by atoms with van der Waals surface area (Å²) in [7, 11) is 1.94. The molecule has 0 saturated carbocycles. The number of nitrogens with zero attached hydrogens (tertiary/aromatic N) is 3. The molecule has 1 aromatic rings. The van der Waals surface area contributed by atoms with Crippen LogP contribution < -0.4 is 10.5 Å². The maximum Gasteiger partial charge on any atom is 0.268 e. The van der Waals surface area contributed by atoms with Crippen molar-refractivity contribution in [3.8, 4) is 0 Å². The smallest absolute Gasteiger partial charge is 0.268 e.